The van der Waals surface area contributed by atoms with Gasteiger partial charge in [-0.1, -0.05) is 32.4 Å². The zero-order valence-corrected chi connectivity index (χ0v) is 24.8. The Morgan fingerprint density at radius 2 is 1.76 bits per heavy atom. The van der Waals surface area contributed by atoms with Crippen molar-refractivity contribution in [1.29, 1.82) is 0 Å². The number of aliphatic hydroxyl groups excluding tert-OH is 3. The van der Waals surface area contributed by atoms with Gasteiger partial charge in [0.05, 0.1) is 24.2 Å². The van der Waals surface area contributed by atoms with Gasteiger partial charge in [0.15, 0.2) is 5.82 Å². The average molecular weight is 569 g/mol. The monoisotopic (exact) mass is 568 g/mol. The molecule has 0 saturated carbocycles. The number of rotatable bonds is 15. The van der Waals surface area contributed by atoms with E-state index in [2.05, 4.69) is 34.6 Å². The third kappa shape index (κ3) is 7.54. The van der Waals surface area contributed by atoms with Crippen LogP contribution in [0.25, 0.3) is 21.9 Å². The molecule has 1 saturated heterocycles. The number of nitrogen functional groups attached to an aromatic ring is 1. The number of hydrogen-bond donors (Lipinski definition) is 4. The number of anilines is 1. The molecule has 0 radical (unpaired) electrons. The molecular formula is C31H48N6O4. The van der Waals surface area contributed by atoms with E-state index in [0.29, 0.717) is 30.7 Å². The van der Waals surface area contributed by atoms with E-state index in [4.69, 9.17) is 20.8 Å². The van der Waals surface area contributed by atoms with Crippen LogP contribution in [0.2, 0.25) is 0 Å². The average Bonchev–Trinajstić information content (AvgIpc) is 3.34. The number of aliphatic hydroxyl groups is 3. The predicted octanol–water partition coefficient (Wildman–Crippen LogP) is 2.74. The Morgan fingerprint density at radius 1 is 1.00 bits per heavy atom. The minimum absolute atomic E-state index is 0.130. The quantitative estimate of drug-likeness (QED) is 0.205. The van der Waals surface area contributed by atoms with Gasteiger partial charge in [0, 0.05) is 63.0 Å². The fraction of sp³-hybridized carbons (Fsp3) is 0.645. The van der Waals surface area contributed by atoms with E-state index in [9.17, 15) is 15.0 Å². The van der Waals surface area contributed by atoms with Crippen LogP contribution in [0.15, 0.2) is 18.2 Å². The summed E-state index contributed by atoms with van der Waals surface area (Å²) in [6.07, 6.45) is 6.72. The molecule has 41 heavy (non-hydrogen) atoms. The number of hydrogen-bond acceptors (Lipinski definition) is 8. The summed E-state index contributed by atoms with van der Waals surface area (Å²) in [4.78, 5) is 26.3. The van der Waals surface area contributed by atoms with Crippen LogP contribution in [-0.2, 0) is 24.2 Å². The van der Waals surface area contributed by atoms with E-state index in [1.807, 2.05) is 11.8 Å². The first-order valence-corrected chi connectivity index (χ1v) is 15.2. The molecule has 10 nitrogen and oxygen atoms in total. The molecule has 1 amide bonds. The second kappa shape index (κ2) is 14.4. The Labute approximate surface area is 243 Å². The second-order valence-electron chi connectivity index (χ2n) is 11.9. The molecule has 4 rings (SSSR count). The highest BCUT2D eigenvalue weighted by Crippen LogP contribution is 2.32. The largest absolute Gasteiger partial charge is 0.396 e. The van der Waals surface area contributed by atoms with Crippen molar-refractivity contribution in [2.75, 3.05) is 58.3 Å². The molecular weight excluding hydrogens is 520 g/mol. The molecule has 1 fully saturated rings. The summed E-state index contributed by atoms with van der Waals surface area (Å²) < 4.78 is 2.13. The lowest BCUT2D eigenvalue weighted by Gasteiger charge is -2.34. The molecule has 5 N–H and O–H groups in total. The third-order valence-electron chi connectivity index (χ3n) is 8.37. The Kier molecular flexibility index (Phi) is 10.9. The highest BCUT2D eigenvalue weighted by molar-refractivity contribution is 6.06. The van der Waals surface area contributed by atoms with E-state index in [1.165, 1.54) is 5.56 Å². The number of unbranched alkanes of at least 4 members (excludes halogenated alkanes) is 2. The SMILES string of the molecule is CCCCc1nc2c(N)nc3cc(CCCN4CCN(C(=O)CCCCO)CC4)ccc3c2n1CC(C)(CO)CO. The van der Waals surface area contributed by atoms with Crippen LogP contribution in [0.3, 0.4) is 0 Å². The highest BCUT2D eigenvalue weighted by atomic mass is 16.3. The smallest absolute Gasteiger partial charge is 0.222 e. The fourth-order valence-electron chi connectivity index (χ4n) is 5.66. The number of nitrogens with two attached hydrogens (primary N) is 1. The molecule has 1 aliphatic heterocycles. The summed E-state index contributed by atoms with van der Waals surface area (Å²) in [5, 5.41) is 29.9. The van der Waals surface area contributed by atoms with Gasteiger partial charge in [-0.2, -0.15) is 0 Å². The Bertz CT molecular complexity index is 1300. The van der Waals surface area contributed by atoms with Gasteiger partial charge in [0.25, 0.3) is 0 Å². The molecule has 0 aliphatic carbocycles. The molecule has 226 valence electrons. The van der Waals surface area contributed by atoms with Crippen molar-refractivity contribution in [2.24, 2.45) is 5.41 Å². The zero-order chi connectivity index (χ0) is 29.4. The van der Waals surface area contributed by atoms with Crippen LogP contribution in [0, 0.1) is 5.41 Å². The van der Waals surface area contributed by atoms with Crippen molar-refractivity contribution in [3.05, 3.63) is 29.6 Å². The normalized spacial score (nSPS) is 14.9. The van der Waals surface area contributed by atoms with Crippen LogP contribution in [0.4, 0.5) is 5.82 Å². The van der Waals surface area contributed by atoms with Gasteiger partial charge in [-0.3, -0.25) is 9.69 Å². The lowest BCUT2D eigenvalue weighted by molar-refractivity contribution is -0.133. The predicted molar refractivity (Wildman–Crippen MR) is 163 cm³/mol. The van der Waals surface area contributed by atoms with Crippen LogP contribution in [0.5, 0.6) is 0 Å². The van der Waals surface area contributed by atoms with Gasteiger partial charge in [-0.05, 0) is 50.3 Å². The summed E-state index contributed by atoms with van der Waals surface area (Å²) in [5.74, 6) is 1.51. The highest BCUT2D eigenvalue weighted by Gasteiger charge is 2.27. The lowest BCUT2D eigenvalue weighted by atomic mass is 9.92. The number of piperazine rings is 1. The third-order valence-corrected chi connectivity index (χ3v) is 8.37. The molecule has 0 bridgehead atoms. The standard InChI is InChI=1S/C31H48N6O4/c1-3-4-9-26-34-28-29(37(26)20-31(2,21-39)22-40)24-12-11-23(19-25(24)33-30(28)32)8-7-13-35-14-16-36(17-15-35)27(41)10-5-6-18-38/h11-12,19,38-40H,3-10,13-18,20-22H2,1-2H3,(H2,32,33). The first-order chi connectivity index (χ1) is 19.8. The topological polar surface area (TPSA) is 141 Å². The number of nitrogens with zero attached hydrogens (tertiary/aromatic N) is 5. The first kappa shape index (κ1) is 31.2. The van der Waals surface area contributed by atoms with E-state index in [-0.39, 0.29) is 25.7 Å². The zero-order valence-electron chi connectivity index (χ0n) is 24.8. The summed E-state index contributed by atoms with van der Waals surface area (Å²) in [7, 11) is 0. The minimum atomic E-state index is -0.683. The van der Waals surface area contributed by atoms with Crippen molar-refractivity contribution in [3.63, 3.8) is 0 Å². The number of imidazole rings is 1. The lowest BCUT2D eigenvalue weighted by Crippen LogP contribution is -2.48. The molecule has 3 heterocycles. The Morgan fingerprint density at radius 3 is 2.44 bits per heavy atom. The number of aryl methyl sites for hydroxylation is 2. The van der Waals surface area contributed by atoms with Crippen molar-refractivity contribution >= 4 is 33.7 Å². The van der Waals surface area contributed by atoms with Crippen molar-refractivity contribution in [3.8, 4) is 0 Å². The maximum Gasteiger partial charge on any atom is 0.222 e. The van der Waals surface area contributed by atoms with Crippen LogP contribution in [0.1, 0.15) is 63.8 Å². The molecule has 2 aromatic heterocycles. The van der Waals surface area contributed by atoms with Gasteiger partial charge < -0.3 is 30.5 Å². The summed E-state index contributed by atoms with van der Waals surface area (Å²) in [5.41, 5.74) is 9.40. The van der Waals surface area contributed by atoms with Gasteiger partial charge in [-0.25, -0.2) is 9.97 Å². The second-order valence-corrected chi connectivity index (χ2v) is 11.9. The number of pyridine rings is 1. The van der Waals surface area contributed by atoms with Crippen LogP contribution < -0.4 is 5.73 Å². The molecule has 10 heteroatoms. The molecule has 0 atom stereocenters. The van der Waals surface area contributed by atoms with E-state index in [0.717, 1.165) is 93.5 Å². The van der Waals surface area contributed by atoms with Crippen LogP contribution >= 0.6 is 0 Å². The van der Waals surface area contributed by atoms with Crippen molar-refractivity contribution < 1.29 is 20.1 Å². The molecule has 3 aromatic rings. The molecule has 1 aliphatic rings. The Hall–Kier alpha value is -2.79. The Balaban J connectivity index is 1.45. The summed E-state index contributed by atoms with van der Waals surface area (Å²) >= 11 is 0. The maximum atomic E-state index is 12.3. The van der Waals surface area contributed by atoms with Crippen molar-refractivity contribution in [1.82, 2.24) is 24.3 Å². The number of amides is 1. The number of fused-ring (bicyclic) bond motifs is 3. The summed E-state index contributed by atoms with van der Waals surface area (Å²) in [6.45, 7) is 8.66. The number of benzene rings is 1. The molecule has 0 spiro atoms. The number of carbonyl (C=O) groups is 1. The fourth-order valence-corrected chi connectivity index (χ4v) is 5.66. The molecule has 1 aromatic carbocycles. The first-order valence-electron chi connectivity index (χ1n) is 15.2. The van der Waals surface area contributed by atoms with Gasteiger partial charge in [0.2, 0.25) is 5.91 Å². The van der Waals surface area contributed by atoms with Gasteiger partial charge >= 0.3 is 0 Å². The van der Waals surface area contributed by atoms with E-state index < -0.39 is 5.41 Å². The number of carbonyl (C=O) groups excluding carboxylic acids is 1. The van der Waals surface area contributed by atoms with Crippen LogP contribution in [-0.4, -0.2) is 98.1 Å². The van der Waals surface area contributed by atoms with Gasteiger partial charge in [-0.15, -0.1) is 0 Å². The number of aromatic nitrogens is 3. The van der Waals surface area contributed by atoms with E-state index in [1.54, 1.807) is 0 Å². The van der Waals surface area contributed by atoms with E-state index >= 15 is 0 Å². The molecule has 0 unspecified atom stereocenters. The van der Waals surface area contributed by atoms with Gasteiger partial charge in [0.1, 0.15) is 11.3 Å². The maximum absolute atomic E-state index is 12.3. The minimum Gasteiger partial charge on any atom is -0.396 e. The summed E-state index contributed by atoms with van der Waals surface area (Å²) in [6, 6.07) is 6.38. The van der Waals surface area contributed by atoms with Crippen molar-refractivity contribution in [2.45, 2.75) is 71.8 Å².